The van der Waals surface area contributed by atoms with Crippen LogP contribution in [0.4, 0.5) is 4.39 Å². The molecule has 3 aromatic carbocycles. The number of hydrogen-bond acceptors (Lipinski definition) is 7. The van der Waals surface area contributed by atoms with E-state index >= 15 is 0 Å². The van der Waals surface area contributed by atoms with Crippen LogP contribution in [0.5, 0.6) is 11.5 Å². The fraction of sp³-hybridized carbons (Fsp3) is 0.324. The minimum Gasteiger partial charge on any atom is -0.490 e. The number of aliphatic carboxylic acids is 1. The van der Waals surface area contributed by atoms with Gasteiger partial charge in [0.25, 0.3) is 0 Å². The average Bonchev–Trinajstić information content (AvgIpc) is 3.34. The maximum absolute atomic E-state index is 14.2. The van der Waals surface area contributed by atoms with Crippen molar-refractivity contribution < 1.29 is 28.5 Å². The van der Waals surface area contributed by atoms with E-state index in [2.05, 4.69) is 9.47 Å². The van der Waals surface area contributed by atoms with Crippen LogP contribution in [0.2, 0.25) is 0 Å². The second-order valence-corrected chi connectivity index (χ2v) is 11.1. The van der Waals surface area contributed by atoms with Crippen molar-refractivity contribution in [2.45, 2.75) is 51.2 Å². The molecule has 2 aliphatic heterocycles. The molecule has 9 nitrogen and oxygen atoms in total. The third-order valence-corrected chi connectivity index (χ3v) is 8.01. The molecule has 10 heteroatoms. The second-order valence-electron chi connectivity index (χ2n) is 11.1. The van der Waals surface area contributed by atoms with Crippen LogP contribution in [0.1, 0.15) is 41.8 Å². The Kier molecular flexibility index (Phi) is 8.86. The third-order valence-electron chi connectivity index (χ3n) is 8.01. The lowest BCUT2D eigenvalue weighted by atomic mass is 10.1. The number of fused-ring (bicyclic) bond motifs is 1. The van der Waals surface area contributed by atoms with Gasteiger partial charge in [0.2, 0.25) is 0 Å². The predicted octanol–water partition coefficient (Wildman–Crippen LogP) is 5.56. The lowest BCUT2D eigenvalue weighted by molar-refractivity contribution is -0.131. The maximum Gasteiger partial charge on any atom is 0.328 e. The summed E-state index contributed by atoms with van der Waals surface area (Å²) in [6.45, 7) is 4.10. The molecule has 6 rings (SSSR count). The van der Waals surface area contributed by atoms with Crippen LogP contribution < -0.4 is 9.47 Å². The van der Waals surface area contributed by atoms with Crippen molar-refractivity contribution in [3.05, 3.63) is 95.1 Å². The molecule has 3 heterocycles. The number of likely N-dealkylation sites (tertiary alicyclic amines) is 1. The van der Waals surface area contributed by atoms with E-state index < -0.39 is 11.8 Å². The van der Waals surface area contributed by atoms with Crippen LogP contribution in [0.3, 0.4) is 0 Å². The molecule has 0 spiro atoms. The highest BCUT2D eigenvalue weighted by atomic mass is 19.1. The number of carbonyl (C=O) groups is 1. The van der Waals surface area contributed by atoms with Crippen molar-refractivity contribution in [3.63, 3.8) is 0 Å². The van der Waals surface area contributed by atoms with Gasteiger partial charge >= 0.3 is 5.97 Å². The standard InChI is InChI=1S/C34H33FN4O5/c35-29-17-24(19-36)5-8-32(29)43-22-25-2-1-3-27(16-25)44-26-10-13-38(14-11-26)21-33-37-30-7-4-23(6-9-34(40)41)18-31(30)39(33)20-28-12-15-42-28/h1-9,16-18,26,28H,10-15,20-22H2,(H,40,41)/b9-6+/t28-/m0/s1. The highest BCUT2D eigenvalue weighted by Gasteiger charge is 2.25. The number of benzene rings is 3. The number of imidazole rings is 1. The molecule has 1 aromatic heterocycles. The van der Waals surface area contributed by atoms with E-state index in [4.69, 9.17) is 29.6 Å². The molecule has 0 bridgehead atoms. The fourth-order valence-corrected chi connectivity index (χ4v) is 5.55. The summed E-state index contributed by atoms with van der Waals surface area (Å²) >= 11 is 0. The van der Waals surface area contributed by atoms with Gasteiger partial charge in [-0.25, -0.2) is 14.2 Å². The Hall–Kier alpha value is -4.72. The number of nitrogens with zero attached hydrogens (tertiary/aromatic N) is 4. The first kappa shape index (κ1) is 29.4. The molecular formula is C34H33FN4O5. The zero-order chi connectivity index (χ0) is 30.5. The van der Waals surface area contributed by atoms with Gasteiger partial charge in [0.15, 0.2) is 11.6 Å². The van der Waals surface area contributed by atoms with Crippen LogP contribution in [-0.4, -0.2) is 57.4 Å². The summed E-state index contributed by atoms with van der Waals surface area (Å²) in [6.07, 6.45) is 5.73. The number of aromatic nitrogens is 2. The number of rotatable bonds is 11. The number of ether oxygens (including phenoxy) is 3. The topological polar surface area (TPSA) is 110 Å². The Labute approximate surface area is 254 Å². The van der Waals surface area contributed by atoms with Crippen LogP contribution in [0.15, 0.2) is 66.7 Å². The van der Waals surface area contributed by atoms with Gasteiger partial charge in [0.05, 0.1) is 41.9 Å². The third kappa shape index (κ3) is 7.08. The molecule has 2 aliphatic rings. The van der Waals surface area contributed by atoms with Crippen LogP contribution >= 0.6 is 0 Å². The van der Waals surface area contributed by atoms with Gasteiger partial charge in [-0.1, -0.05) is 18.2 Å². The van der Waals surface area contributed by atoms with Gasteiger partial charge in [-0.3, -0.25) is 4.90 Å². The summed E-state index contributed by atoms with van der Waals surface area (Å²) in [7, 11) is 0. The van der Waals surface area contributed by atoms with Gasteiger partial charge in [0, 0.05) is 25.8 Å². The molecule has 44 heavy (non-hydrogen) atoms. The summed E-state index contributed by atoms with van der Waals surface area (Å²) in [4.78, 5) is 18.3. The Morgan fingerprint density at radius 1 is 1.14 bits per heavy atom. The first-order valence-corrected chi connectivity index (χ1v) is 14.8. The molecule has 1 atom stereocenters. The summed E-state index contributed by atoms with van der Waals surface area (Å²) in [5.41, 5.74) is 3.79. The summed E-state index contributed by atoms with van der Waals surface area (Å²) in [5, 5.41) is 17.9. The van der Waals surface area contributed by atoms with E-state index in [1.807, 2.05) is 48.5 Å². The Bertz CT molecular complexity index is 1720. The lowest BCUT2D eigenvalue weighted by Gasteiger charge is -2.32. The van der Waals surface area contributed by atoms with Crippen molar-refractivity contribution in [2.24, 2.45) is 0 Å². The molecular weight excluding hydrogens is 563 g/mol. The molecule has 1 N–H and O–H groups in total. The first-order valence-electron chi connectivity index (χ1n) is 14.8. The largest absolute Gasteiger partial charge is 0.490 e. The van der Waals surface area contributed by atoms with Gasteiger partial charge in [0.1, 0.15) is 24.3 Å². The highest BCUT2D eigenvalue weighted by molar-refractivity contribution is 5.87. The smallest absolute Gasteiger partial charge is 0.328 e. The predicted molar refractivity (Wildman–Crippen MR) is 162 cm³/mol. The average molecular weight is 597 g/mol. The van der Waals surface area contributed by atoms with Crippen molar-refractivity contribution in [3.8, 4) is 17.6 Å². The Morgan fingerprint density at radius 3 is 2.70 bits per heavy atom. The van der Waals surface area contributed by atoms with Crippen LogP contribution in [0.25, 0.3) is 17.1 Å². The van der Waals surface area contributed by atoms with Gasteiger partial charge < -0.3 is 23.9 Å². The van der Waals surface area contributed by atoms with Crippen molar-refractivity contribution in [1.29, 1.82) is 5.26 Å². The van der Waals surface area contributed by atoms with Crippen LogP contribution in [0, 0.1) is 17.1 Å². The Morgan fingerprint density at radius 2 is 1.98 bits per heavy atom. The summed E-state index contributed by atoms with van der Waals surface area (Å²) in [5.74, 6) is 0.285. The molecule has 2 fully saturated rings. The van der Waals surface area contributed by atoms with E-state index in [9.17, 15) is 9.18 Å². The van der Waals surface area contributed by atoms with E-state index in [-0.39, 0.29) is 30.1 Å². The first-order chi connectivity index (χ1) is 21.4. The molecule has 4 aromatic rings. The molecule has 226 valence electrons. The number of halogens is 1. The minimum atomic E-state index is -0.979. The van der Waals surface area contributed by atoms with Crippen molar-refractivity contribution in [1.82, 2.24) is 14.5 Å². The summed E-state index contributed by atoms with van der Waals surface area (Å²) in [6, 6.07) is 19.5. The Balaban J connectivity index is 1.06. The molecule has 0 unspecified atom stereocenters. The highest BCUT2D eigenvalue weighted by Crippen LogP contribution is 2.26. The zero-order valence-corrected chi connectivity index (χ0v) is 24.2. The van der Waals surface area contributed by atoms with Crippen molar-refractivity contribution in [2.75, 3.05) is 19.7 Å². The SMILES string of the molecule is N#Cc1ccc(OCc2cccc(OC3CCN(Cc4nc5ccc(/C=C/C(=O)O)cc5n4C[C@@H]4CCO4)CC3)c2)c(F)c1. The second kappa shape index (κ2) is 13.3. The van der Waals surface area contributed by atoms with E-state index in [0.717, 1.165) is 91.4 Å². The monoisotopic (exact) mass is 596 g/mol. The van der Waals surface area contributed by atoms with E-state index in [1.165, 1.54) is 12.1 Å². The van der Waals surface area contributed by atoms with Gasteiger partial charge in [-0.15, -0.1) is 0 Å². The van der Waals surface area contributed by atoms with E-state index in [0.29, 0.717) is 6.54 Å². The summed E-state index contributed by atoms with van der Waals surface area (Å²) < 4.78 is 34.1. The zero-order valence-electron chi connectivity index (χ0n) is 24.2. The van der Waals surface area contributed by atoms with Gasteiger partial charge in [-0.05, 0) is 78.9 Å². The minimum absolute atomic E-state index is 0.0733. The number of hydrogen-bond donors (Lipinski definition) is 1. The molecule has 2 saturated heterocycles. The normalized spacial score (nSPS) is 17.4. The fourth-order valence-electron chi connectivity index (χ4n) is 5.55. The van der Waals surface area contributed by atoms with Crippen molar-refractivity contribution >= 4 is 23.1 Å². The van der Waals surface area contributed by atoms with Gasteiger partial charge in [-0.2, -0.15) is 5.26 Å². The number of piperidine rings is 1. The lowest BCUT2D eigenvalue weighted by Crippen LogP contribution is -2.39. The molecule has 0 amide bonds. The number of carboxylic acids is 1. The van der Waals surface area contributed by atoms with E-state index in [1.54, 1.807) is 6.08 Å². The molecule has 0 saturated carbocycles. The molecule has 0 aliphatic carbocycles. The maximum atomic E-state index is 14.2. The number of carboxylic acid groups (broad SMARTS) is 1. The van der Waals surface area contributed by atoms with Crippen LogP contribution in [-0.2, 0) is 29.2 Å². The number of nitriles is 1. The molecule has 0 radical (unpaired) electrons. The quantitative estimate of drug-likeness (QED) is 0.224.